The first-order valence-electron chi connectivity index (χ1n) is 7.10. The number of nitrogens with zero attached hydrogens (tertiary/aromatic N) is 1. The van der Waals surface area contributed by atoms with Crippen molar-refractivity contribution in [2.45, 2.75) is 20.3 Å². The normalized spacial score (nSPS) is 10.4. The van der Waals surface area contributed by atoms with E-state index in [0.29, 0.717) is 23.6 Å². The zero-order chi connectivity index (χ0) is 16.3. The molecule has 0 aliphatic rings. The summed E-state index contributed by atoms with van der Waals surface area (Å²) in [6.45, 7) is 4.05. The molecule has 2 rings (SSSR count). The van der Waals surface area contributed by atoms with E-state index in [2.05, 4.69) is 9.88 Å². The summed E-state index contributed by atoms with van der Waals surface area (Å²) in [4.78, 5) is 12.3. The zero-order valence-electron chi connectivity index (χ0n) is 13.7. The van der Waals surface area contributed by atoms with E-state index in [1.54, 1.807) is 32.4 Å². The summed E-state index contributed by atoms with van der Waals surface area (Å²) in [5, 5.41) is 2.89. The first kappa shape index (κ1) is 15.9. The van der Waals surface area contributed by atoms with Gasteiger partial charge >= 0.3 is 0 Å². The SMILES string of the molecule is COc1ccc(NC(=O)Cc2cc(C)n(C)c2C)c(OC)c1. The number of hydrogen-bond donors (Lipinski definition) is 1. The van der Waals surface area contributed by atoms with Crippen molar-refractivity contribution in [2.75, 3.05) is 19.5 Å². The number of carbonyl (C=O) groups is 1. The maximum Gasteiger partial charge on any atom is 0.228 e. The lowest BCUT2D eigenvalue weighted by atomic mass is 10.1. The van der Waals surface area contributed by atoms with Crippen LogP contribution >= 0.6 is 0 Å². The highest BCUT2D eigenvalue weighted by atomic mass is 16.5. The molecule has 0 saturated carbocycles. The van der Waals surface area contributed by atoms with Crippen molar-refractivity contribution >= 4 is 11.6 Å². The molecule has 1 aromatic heterocycles. The molecule has 5 heteroatoms. The Morgan fingerprint density at radius 2 is 1.91 bits per heavy atom. The first-order valence-corrected chi connectivity index (χ1v) is 7.10. The number of carbonyl (C=O) groups excluding carboxylic acids is 1. The van der Waals surface area contributed by atoms with E-state index < -0.39 is 0 Å². The van der Waals surface area contributed by atoms with Gasteiger partial charge in [0.05, 0.1) is 26.3 Å². The van der Waals surface area contributed by atoms with Gasteiger partial charge in [-0.2, -0.15) is 0 Å². The van der Waals surface area contributed by atoms with Gasteiger partial charge in [-0.1, -0.05) is 0 Å². The van der Waals surface area contributed by atoms with Crippen LogP contribution in [-0.4, -0.2) is 24.7 Å². The lowest BCUT2D eigenvalue weighted by molar-refractivity contribution is -0.115. The van der Waals surface area contributed by atoms with Crippen molar-refractivity contribution in [1.29, 1.82) is 0 Å². The first-order chi connectivity index (χ1) is 10.5. The van der Waals surface area contributed by atoms with E-state index in [1.807, 2.05) is 27.0 Å². The minimum Gasteiger partial charge on any atom is -0.497 e. The fourth-order valence-electron chi connectivity index (χ4n) is 2.38. The summed E-state index contributed by atoms with van der Waals surface area (Å²) in [5.74, 6) is 1.19. The molecule has 1 amide bonds. The molecular formula is C17H22N2O3. The highest BCUT2D eigenvalue weighted by Gasteiger charge is 2.13. The summed E-state index contributed by atoms with van der Waals surface area (Å²) in [7, 11) is 5.15. The van der Waals surface area contributed by atoms with Gasteiger partial charge in [0.1, 0.15) is 11.5 Å². The smallest absolute Gasteiger partial charge is 0.228 e. The summed E-state index contributed by atoms with van der Waals surface area (Å²) in [5.41, 5.74) is 3.92. The molecule has 118 valence electrons. The maximum atomic E-state index is 12.3. The number of hydrogen-bond acceptors (Lipinski definition) is 3. The molecule has 0 bridgehead atoms. The Balaban J connectivity index is 2.13. The van der Waals surface area contributed by atoms with Gasteiger partial charge < -0.3 is 19.4 Å². The van der Waals surface area contributed by atoms with Crippen molar-refractivity contribution in [3.63, 3.8) is 0 Å². The third kappa shape index (κ3) is 3.24. The van der Waals surface area contributed by atoms with Crippen molar-refractivity contribution in [2.24, 2.45) is 7.05 Å². The monoisotopic (exact) mass is 302 g/mol. The summed E-state index contributed by atoms with van der Waals surface area (Å²) in [6.07, 6.45) is 0.336. The molecule has 0 saturated heterocycles. The zero-order valence-corrected chi connectivity index (χ0v) is 13.7. The fraction of sp³-hybridized carbons (Fsp3) is 0.353. The Hall–Kier alpha value is -2.43. The Morgan fingerprint density at radius 3 is 2.45 bits per heavy atom. The van der Waals surface area contributed by atoms with Crippen LogP contribution in [0.3, 0.4) is 0 Å². The largest absolute Gasteiger partial charge is 0.497 e. The molecule has 5 nitrogen and oxygen atoms in total. The van der Waals surface area contributed by atoms with Crippen LogP contribution in [0.15, 0.2) is 24.3 Å². The molecule has 0 fully saturated rings. The van der Waals surface area contributed by atoms with Crippen molar-refractivity contribution in [3.8, 4) is 11.5 Å². The van der Waals surface area contributed by atoms with Crippen LogP contribution in [0.2, 0.25) is 0 Å². The Bertz CT molecular complexity index is 689. The number of amides is 1. The molecule has 2 aromatic rings. The van der Waals surface area contributed by atoms with Crippen molar-refractivity contribution in [3.05, 3.63) is 41.2 Å². The van der Waals surface area contributed by atoms with E-state index in [9.17, 15) is 4.79 Å². The molecule has 0 unspecified atom stereocenters. The second-order valence-electron chi connectivity index (χ2n) is 5.25. The quantitative estimate of drug-likeness (QED) is 0.924. The third-order valence-corrected chi connectivity index (χ3v) is 3.91. The van der Waals surface area contributed by atoms with Crippen LogP contribution in [0.4, 0.5) is 5.69 Å². The number of aromatic nitrogens is 1. The number of anilines is 1. The molecular weight excluding hydrogens is 280 g/mol. The topological polar surface area (TPSA) is 52.5 Å². The van der Waals surface area contributed by atoms with Crippen molar-refractivity contribution < 1.29 is 14.3 Å². The van der Waals surface area contributed by atoms with E-state index in [-0.39, 0.29) is 5.91 Å². The van der Waals surface area contributed by atoms with Crippen molar-refractivity contribution in [1.82, 2.24) is 4.57 Å². The van der Waals surface area contributed by atoms with Gasteiger partial charge in [0.25, 0.3) is 0 Å². The third-order valence-electron chi connectivity index (χ3n) is 3.91. The van der Waals surface area contributed by atoms with Gasteiger partial charge in [-0.25, -0.2) is 0 Å². The lowest BCUT2D eigenvalue weighted by Crippen LogP contribution is -2.15. The number of methoxy groups -OCH3 is 2. The molecule has 22 heavy (non-hydrogen) atoms. The molecule has 0 aliphatic carbocycles. The van der Waals surface area contributed by atoms with Crippen LogP contribution in [-0.2, 0) is 18.3 Å². The molecule has 0 spiro atoms. The maximum absolute atomic E-state index is 12.3. The summed E-state index contributed by atoms with van der Waals surface area (Å²) < 4.78 is 12.5. The number of aryl methyl sites for hydroxylation is 1. The van der Waals surface area contributed by atoms with Gasteiger partial charge in [-0.3, -0.25) is 4.79 Å². The van der Waals surface area contributed by atoms with Crippen LogP contribution in [0.5, 0.6) is 11.5 Å². The van der Waals surface area contributed by atoms with Gasteiger partial charge in [-0.05, 0) is 37.6 Å². The van der Waals surface area contributed by atoms with Gasteiger partial charge in [0, 0.05) is 24.5 Å². The molecule has 0 radical (unpaired) electrons. The lowest BCUT2D eigenvalue weighted by Gasteiger charge is -2.11. The van der Waals surface area contributed by atoms with E-state index in [4.69, 9.17) is 9.47 Å². The predicted octanol–water partition coefficient (Wildman–Crippen LogP) is 2.84. The second-order valence-corrected chi connectivity index (χ2v) is 5.25. The Morgan fingerprint density at radius 1 is 1.18 bits per heavy atom. The van der Waals surface area contributed by atoms with Gasteiger partial charge in [0.2, 0.25) is 5.91 Å². The van der Waals surface area contributed by atoms with Crippen LogP contribution < -0.4 is 14.8 Å². The number of nitrogens with one attached hydrogen (secondary N) is 1. The number of ether oxygens (including phenoxy) is 2. The summed E-state index contributed by atoms with van der Waals surface area (Å²) >= 11 is 0. The number of rotatable bonds is 5. The highest BCUT2D eigenvalue weighted by Crippen LogP contribution is 2.29. The molecule has 1 aromatic carbocycles. The molecule has 0 atom stereocenters. The minimum absolute atomic E-state index is 0.0721. The standard InChI is InChI=1S/C17H22N2O3/c1-11-8-13(12(2)19(11)3)9-17(20)18-15-7-6-14(21-4)10-16(15)22-5/h6-8,10H,9H2,1-5H3,(H,18,20). The van der Waals surface area contributed by atoms with Crippen LogP contribution in [0.25, 0.3) is 0 Å². The fourth-order valence-corrected chi connectivity index (χ4v) is 2.38. The minimum atomic E-state index is -0.0721. The molecule has 1 heterocycles. The summed E-state index contributed by atoms with van der Waals surface area (Å²) in [6, 6.07) is 7.35. The number of benzene rings is 1. The average Bonchev–Trinajstić information content (AvgIpc) is 2.74. The average molecular weight is 302 g/mol. The van der Waals surface area contributed by atoms with Crippen LogP contribution in [0.1, 0.15) is 17.0 Å². The molecule has 1 N–H and O–H groups in total. The Labute approximate surface area is 130 Å². The Kier molecular flexibility index (Phi) is 4.75. The predicted molar refractivity (Wildman–Crippen MR) is 86.8 cm³/mol. The van der Waals surface area contributed by atoms with Crippen LogP contribution in [0, 0.1) is 13.8 Å². The second kappa shape index (κ2) is 6.56. The highest BCUT2D eigenvalue weighted by molar-refractivity contribution is 5.94. The van der Waals surface area contributed by atoms with E-state index in [1.165, 1.54) is 0 Å². The molecule has 0 aliphatic heterocycles. The van der Waals surface area contributed by atoms with Gasteiger partial charge in [-0.15, -0.1) is 0 Å². The van der Waals surface area contributed by atoms with E-state index >= 15 is 0 Å². The van der Waals surface area contributed by atoms with Gasteiger partial charge in [0.15, 0.2) is 0 Å². The van der Waals surface area contributed by atoms with E-state index in [0.717, 1.165) is 17.0 Å².